The van der Waals surface area contributed by atoms with E-state index in [9.17, 15) is 9.59 Å². The van der Waals surface area contributed by atoms with Crippen LogP contribution in [-0.4, -0.2) is 41.1 Å². The monoisotopic (exact) mass is 277 g/mol. The molecule has 5 nitrogen and oxygen atoms in total. The van der Waals surface area contributed by atoms with Crippen LogP contribution in [0.2, 0.25) is 0 Å². The van der Waals surface area contributed by atoms with Crippen molar-refractivity contribution in [2.45, 2.75) is 32.4 Å². The van der Waals surface area contributed by atoms with Gasteiger partial charge >= 0.3 is 11.9 Å². The first-order valence-electron chi connectivity index (χ1n) is 6.82. The van der Waals surface area contributed by atoms with E-state index in [0.29, 0.717) is 19.2 Å². The highest BCUT2D eigenvalue weighted by atomic mass is 16.5. The minimum atomic E-state index is -0.935. The predicted octanol–water partition coefficient (Wildman–Crippen LogP) is 1.91. The molecule has 0 unspecified atom stereocenters. The topological polar surface area (TPSA) is 66.8 Å². The average Bonchev–Trinajstić information content (AvgIpc) is 3.23. The van der Waals surface area contributed by atoms with E-state index in [1.54, 1.807) is 25.1 Å². The molecule has 0 aromatic heterocycles. The number of carbonyl (C=O) groups is 2. The van der Waals surface area contributed by atoms with Crippen LogP contribution in [0.15, 0.2) is 24.3 Å². The van der Waals surface area contributed by atoms with Gasteiger partial charge in [0.05, 0.1) is 18.7 Å². The zero-order valence-corrected chi connectivity index (χ0v) is 11.5. The van der Waals surface area contributed by atoms with Gasteiger partial charge in [-0.05, 0) is 37.5 Å². The Morgan fingerprint density at radius 2 is 2.15 bits per heavy atom. The van der Waals surface area contributed by atoms with Gasteiger partial charge in [0.1, 0.15) is 0 Å². The Balaban J connectivity index is 2.02. The fraction of sp³-hybridized carbons (Fsp3) is 0.467. The number of hydrogen-bond acceptors (Lipinski definition) is 4. The third-order valence-corrected chi connectivity index (χ3v) is 3.26. The number of rotatable bonds is 7. The second kappa shape index (κ2) is 6.52. The average molecular weight is 277 g/mol. The summed E-state index contributed by atoms with van der Waals surface area (Å²) in [5.41, 5.74) is 1.18. The van der Waals surface area contributed by atoms with Crippen molar-refractivity contribution in [3.05, 3.63) is 35.4 Å². The molecular formula is C15H19NO4. The van der Waals surface area contributed by atoms with Crippen molar-refractivity contribution in [1.82, 2.24) is 4.90 Å². The molecule has 0 heterocycles. The van der Waals surface area contributed by atoms with Crippen molar-refractivity contribution < 1.29 is 19.4 Å². The first-order chi connectivity index (χ1) is 9.60. The maximum atomic E-state index is 11.6. The first kappa shape index (κ1) is 14.5. The largest absolute Gasteiger partial charge is 0.478 e. The van der Waals surface area contributed by atoms with Crippen LogP contribution in [0, 0.1) is 0 Å². The van der Waals surface area contributed by atoms with Crippen LogP contribution in [0.1, 0.15) is 35.7 Å². The molecule has 1 aliphatic rings. The zero-order valence-electron chi connectivity index (χ0n) is 11.5. The van der Waals surface area contributed by atoms with Gasteiger partial charge in [-0.2, -0.15) is 0 Å². The molecule has 1 aliphatic carbocycles. The third-order valence-electron chi connectivity index (χ3n) is 3.26. The molecule has 108 valence electrons. The Bertz CT molecular complexity index is 496. The van der Waals surface area contributed by atoms with Crippen molar-refractivity contribution >= 4 is 11.9 Å². The molecule has 0 spiro atoms. The second-order valence-corrected chi connectivity index (χ2v) is 4.95. The quantitative estimate of drug-likeness (QED) is 0.771. The SMILES string of the molecule is CCOC(=O)CN(Cc1cccc(C(=O)O)c1)C1CC1. The lowest BCUT2D eigenvalue weighted by Gasteiger charge is -2.21. The lowest BCUT2D eigenvalue weighted by molar-refractivity contribution is -0.144. The summed E-state index contributed by atoms with van der Waals surface area (Å²) < 4.78 is 4.98. The highest BCUT2D eigenvalue weighted by Gasteiger charge is 2.30. The maximum Gasteiger partial charge on any atom is 0.335 e. The van der Waals surface area contributed by atoms with E-state index >= 15 is 0 Å². The lowest BCUT2D eigenvalue weighted by Crippen LogP contribution is -2.32. The van der Waals surface area contributed by atoms with Crippen molar-refractivity contribution in [2.75, 3.05) is 13.2 Å². The van der Waals surface area contributed by atoms with Crippen molar-refractivity contribution in [3.63, 3.8) is 0 Å². The number of nitrogens with zero attached hydrogens (tertiary/aromatic N) is 1. The van der Waals surface area contributed by atoms with Crippen LogP contribution in [-0.2, 0) is 16.1 Å². The summed E-state index contributed by atoms with van der Waals surface area (Å²) in [6.07, 6.45) is 2.16. The van der Waals surface area contributed by atoms with Crippen LogP contribution in [0.5, 0.6) is 0 Å². The molecule has 0 radical (unpaired) electrons. The van der Waals surface area contributed by atoms with Crippen LogP contribution in [0.25, 0.3) is 0 Å². The van der Waals surface area contributed by atoms with E-state index in [2.05, 4.69) is 4.90 Å². The fourth-order valence-electron chi connectivity index (χ4n) is 2.16. The molecule has 0 bridgehead atoms. The Morgan fingerprint density at radius 1 is 1.40 bits per heavy atom. The molecule has 1 N–H and O–H groups in total. The Hall–Kier alpha value is -1.88. The number of esters is 1. The van der Waals surface area contributed by atoms with Gasteiger partial charge in [-0.25, -0.2) is 4.79 Å². The fourth-order valence-corrected chi connectivity index (χ4v) is 2.16. The molecule has 1 saturated carbocycles. The highest BCUT2D eigenvalue weighted by molar-refractivity contribution is 5.87. The van der Waals surface area contributed by atoms with E-state index in [0.717, 1.165) is 18.4 Å². The molecule has 0 amide bonds. The summed E-state index contributed by atoms with van der Waals surface area (Å²) in [5, 5.41) is 8.99. The standard InChI is InChI=1S/C15H19NO4/c1-2-20-14(17)10-16(13-6-7-13)9-11-4-3-5-12(8-11)15(18)19/h3-5,8,13H,2,6-7,9-10H2,1H3,(H,18,19). The molecule has 0 aliphatic heterocycles. The van der Waals surface area contributed by atoms with E-state index < -0.39 is 5.97 Å². The highest BCUT2D eigenvalue weighted by Crippen LogP contribution is 2.28. The molecule has 0 atom stereocenters. The van der Waals surface area contributed by atoms with Crippen LogP contribution in [0.3, 0.4) is 0 Å². The van der Waals surface area contributed by atoms with Gasteiger partial charge in [0, 0.05) is 12.6 Å². The van der Waals surface area contributed by atoms with Gasteiger partial charge in [-0.15, -0.1) is 0 Å². The summed E-state index contributed by atoms with van der Waals surface area (Å²) in [4.78, 5) is 24.6. The Kier molecular flexibility index (Phi) is 4.74. The normalized spacial score (nSPS) is 14.3. The summed E-state index contributed by atoms with van der Waals surface area (Å²) in [6.45, 7) is 3.00. The molecule has 5 heteroatoms. The van der Waals surface area contributed by atoms with Crippen LogP contribution >= 0.6 is 0 Å². The van der Waals surface area contributed by atoms with Gasteiger partial charge in [0.2, 0.25) is 0 Å². The Morgan fingerprint density at radius 3 is 2.75 bits per heavy atom. The van der Waals surface area contributed by atoms with Crippen LogP contribution in [0.4, 0.5) is 0 Å². The summed E-state index contributed by atoms with van der Waals surface area (Å²) in [5.74, 6) is -1.16. The van der Waals surface area contributed by atoms with E-state index in [-0.39, 0.29) is 18.1 Å². The molecule has 1 aromatic carbocycles. The smallest absolute Gasteiger partial charge is 0.335 e. The molecule has 20 heavy (non-hydrogen) atoms. The van der Waals surface area contributed by atoms with Gasteiger partial charge in [0.25, 0.3) is 0 Å². The van der Waals surface area contributed by atoms with Gasteiger partial charge in [0.15, 0.2) is 0 Å². The first-order valence-corrected chi connectivity index (χ1v) is 6.82. The molecule has 1 aromatic rings. The summed E-state index contributed by atoms with van der Waals surface area (Å²) in [6, 6.07) is 7.25. The summed E-state index contributed by atoms with van der Waals surface area (Å²) in [7, 11) is 0. The molecule has 2 rings (SSSR count). The number of benzene rings is 1. The molecular weight excluding hydrogens is 258 g/mol. The number of hydrogen-bond donors (Lipinski definition) is 1. The van der Waals surface area contributed by atoms with Crippen molar-refractivity contribution in [3.8, 4) is 0 Å². The van der Waals surface area contributed by atoms with Crippen molar-refractivity contribution in [2.24, 2.45) is 0 Å². The summed E-state index contributed by atoms with van der Waals surface area (Å²) >= 11 is 0. The minimum Gasteiger partial charge on any atom is -0.478 e. The van der Waals surface area contributed by atoms with E-state index in [1.165, 1.54) is 0 Å². The van der Waals surface area contributed by atoms with E-state index in [4.69, 9.17) is 9.84 Å². The van der Waals surface area contributed by atoms with Gasteiger partial charge < -0.3 is 9.84 Å². The van der Waals surface area contributed by atoms with Gasteiger partial charge in [-0.3, -0.25) is 9.69 Å². The van der Waals surface area contributed by atoms with E-state index in [1.807, 2.05) is 6.07 Å². The Labute approximate surface area is 118 Å². The number of carboxylic acids is 1. The number of aromatic carboxylic acids is 1. The van der Waals surface area contributed by atoms with Crippen molar-refractivity contribution in [1.29, 1.82) is 0 Å². The molecule has 1 fully saturated rings. The number of ether oxygens (including phenoxy) is 1. The predicted molar refractivity (Wildman–Crippen MR) is 73.5 cm³/mol. The minimum absolute atomic E-state index is 0.228. The number of carbonyl (C=O) groups excluding carboxylic acids is 1. The zero-order chi connectivity index (χ0) is 14.5. The van der Waals surface area contributed by atoms with Gasteiger partial charge in [-0.1, -0.05) is 12.1 Å². The molecule has 0 saturated heterocycles. The number of carboxylic acid groups (broad SMARTS) is 1. The second-order valence-electron chi connectivity index (χ2n) is 4.95. The maximum absolute atomic E-state index is 11.6. The third kappa shape index (κ3) is 4.06. The van der Waals surface area contributed by atoms with Crippen LogP contribution < -0.4 is 0 Å². The lowest BCUT2D eigenvalue weighted by atomic mass is 10.1.